The third-order valence-electron chi connectivity index (χ3n) is 3.13. The zero-order valence-corrected chi connectivity index (χ0v) is 11.1. The van der Waals surface area contributed by atoms with Crippen molar-refractivity contribution in [3.63, 3.8) is 0 Å². The average Bonchev–Trinajstić information content (AvgIpc) is 2.55. The van der Waals surface area contributed by atoms with Gasteiger partial charge in [0.1, 0.15) is 11.8 Å². The number of amides is 1. The summed E-state index contributed by atoms with van der Waals surface area (Å²) in [6.45, 7) is 0. The Morgan fingerprint density at radius 1 is 1.00 bits per heavy atom. The first kappa shape index (κ1) is 12.8. The first-order chi connectivity index (χ1) is 10.3. The molecule has 4 heteroatoms. The standard InChI is InChI=1S/C17H11N3O/c18-11-13-6-2-4-8-15(13)20-17(21)16-10-9-12-5-1-3-7-14(12)19-16/h1-10H,(H,20,21). The maximum Gasteiger partial charge on any atom is 0.274 e. The van der Waals surface area contributed by atoms with Crippen LogP contribution in [0.5, 0.6) is 0 Å². The zero-order valence-electron chi connectivity index (χ0n) is 11.1. The lowest BCUT2D eigenvalue weighted by atomic mass is 10.1. The van der Waals surface area contributed by atoms with E-state index >= 15 is 0 Å². The number of aromatic nitrogens is 1. The summed E-state index contributed by atoms with van der Waals surface area (Å²) in [7, 11) is 0. The molecule has 0 saturated heterocycles. The molecule has 100 valence electrons. The van der Waals surface area contributed by atoms with Crippen molar-refractivity contribution >= 4 is 22.5 Å². The number of carbonyl (C=O) groups is 1. The Hall–Kier alpha value is -3.19. The Morgan fingerprint density at radius 2 is 1.76 bits per heavy atom. The normalized spacial score (nSPS) is 10.0. The highest BCUT2D eigenvalue weighted by Gasteiger charge is 2.10. The molecule has 4 nitrogen and oxygen atoms in total. The summed E-state index contributed by atoms with van der Waals surface area (Å²) in [4.78, 5) is 16.6. The number of pyridine rings is 1. The van der Waals surface area contributed by atoms with Gasteiger partial charge >= 0.3 is 0 Å². The summed E-state index contributed by atoms with van der Waals surface area (Å²) in [5.41, 5.74) is 1.99. The second kappa shape index (κ2) is 5.43. The Labute approximate surface area is 121 Å². The molecule has 1 N–H and O–H groups in total. The molecule has 0 bridgehead atoms. The molecule has 0 spiro atoms. The first-order valence-electron chi connectivity index (χ1n) is 6.44. The SMILES string of the molecule is N#Cc1ccccc1NC(=O)c1ccc2ccccc2n1. The summed E-state index contributed by atoms with van der Waals surface area (Å²) in [6, 6.07) is 20.0. The fourth-order valence-corrected chi connectivity index (χ4v) is 2.07. The number of para-hydroxylation sites is 2. The Morgan fingerprint density at radius 3 is 2.62 bits per heavy atom. The molecule has 0 aliphatic heterocycles. The number of nitriles is 1. The average molecular weight is 273 g/mol. The molecule has 0 aliphatic rings. The number of benzene rings is 2. The molecule has 0 saturated carbocycles. The number of fused-ring (bicyclic) bond motifs is 1. The van der Waals surface area contributed by atoms with E-state index in [-0.39, 0.29) is 5.91 Å². The number of nitrogens with zero attached hydrogens (tertiary/aromatic N) is 2. The van der Waals surface area contributed by atoms with Gasteiger partial charge in [0.2, 0.25) is 0 Å². The summed E-state index contributed by atoms with van der Waals surface area (Å²) in [6.07, 6.45) is 0. The second-order valence-electron chi connectivity index (χ2n) is 4.50. The third kappa shape index (κ3) is 2.58. The lowest BCUT2D eigenvalue weighted by molar-refractivity contribution is 0.102. The van der Waals surface area contributed by atoms with E-state index in [4.69, 9.17) is 5.26 Å². The summed E-state index contributed by atoms with van der Waals surface area (Å²) >= 11 is 0. The predicted octanol–water partition coefficient (Wildman–Crippen LogP) is 3.36. The molecular formula is C17H11N3O. The van der Waals surface area contributed by atoms with Crippen molar-refractivity contribution in [1.82, 2.24) is 4.98 Å². The summed E-state index contributed by atoms with van der Waals surface area (Å²) < 4.78 is 0. The zero-order chi connectivity index (χ0) is 14.7. The molecule has 3 rings (SSSR count). The third-order valence-corrected chi connectivity index (χ3v) is 3.13. The first-order valence-corrected chi connectivity index (χ1v) is 6.44. The van der Waals surface area contributed by atoms with Gasteiger partial charge in [-0.3, -0.25) is 4.79 Å². The Kier molecular flexibility index (Phi) is 3.32. The van der Waals surface area contributed by atoms with Crippen LogP contribution < -0.4 is 5.32 Å². The van der Waals surface area contributed by atoms with Crippen LogP contribution >= 0.6 is 0 Å². The molecule has 0 fully saturated rings. The van der Waals surface area contributed by atoms with Gasteiger partial charge in [-0.05, 0) is 24.3 Å². The fourth-order valence-electron chi connectivity index (χ4n) is 2.07. The van der Waals surface area contributed by atoms with Crippen molar-refractivity contribution in [2.45, 2.75) is 0 Å². The molecule has 0 unspecified atom stereocenters. The van der Waals surface area contributed by atoms with Gasteiger partial charge in [-0.25, -0.2) is 4.98 Å². The van der Waals surface area contributed by atoms with Crippen molar-refractivity contribution in [2.75, 3.05) is 5.32 Å². The van der Waals surface area contributed by atoms with Gasteiger partial charge in [-0.1, -0.05) is 36.4 Å². The van der Waals surface area contributed by atoms with Gasteiger partial charge in [-0.2, -0.15) is 5.26 Å². The highest BCUT2D eigenvalue weighted by atomic mass is 16.1. The van der Waals surface area contributed by atoms with Crippen LogP contribution in [0.15, 0.2) is 60.7 Å². The molecule has 0 atom stereocenters. The maximum absolute atomic E-state index is 12.2. The van der Waals surface area contributed by atoms with Crippen LogP contribution in [0, 0.1) is 11.3 Å². The maximum atomic E-state index is 12.2. The summed E-state index contributed by atoms with van der Waals surface area (Å²) in [5.74, 6) is -0.330. The molecule has 2 aromatic carbocycles. The Bertz CT molecular complexity index is 865. The molecule has 1 aromatic heterocycles. The van der Waals surface area contributed by atoms with E-state index < -0.39 is 0 Å². The highest BCUT2D eigenvalue weighted by Crippen LogP contribution is 2.16. The lowest BCUT2D eigenvalue weighted by Crippen LogP contribution is -2.14. The van der Waals surface area contributed by atoms with Crippen molar-refractivity contribution in [1.29, 1.82) is 5.26 Å². The van der Waals surface area contributed by atoms with Crippen molar-refractivity contribution in [2.24, 2.45) is 0 Å². The molecular weight excluding hydrogens is 262 g/mol. The van der Waals surface area contributed by atoms with Crippen molar-refractivity contribution in [3.05, 3.63) is 71.9 Å². The largest absolute Gasteiger partial charge is 0.319 e. The predicted molar refractivity (Wildman–Crippen MR) is 80.9 cm³/mol. The quantitative estimate of drug-likeness (QED) is 0.778. The van der Waals surface area contributed by atoms with E-state index in [9.17, 15) is 4.79 Å². The van der Waals surface area contributed by atoms with Gasteiger partial charge in [0.15, 0.2) is 0 Å². The molecule has 1 amide bonds. The number of anilines is 1. The van der Waals surface area contributed by atoms with Crippen molar-refractivity contribution in [3.8, 4) is 6.07 Å². The number of hydrogen-bond acceptors (Lipinski definition) is 3. The van der Waals surface area contributed by atoms with Crippen LogP contribution in [-0.4, -0.2) is 10.9 Å². The molecule has 3 aromatic rings. The fraction of sp³-hybridized carbons (Fsp3) is 0. The van der Waals surface area contributed by atoms with Crippen LogP contribution in [0.3, 0.4) is 0 Å². The van der Waals surface area contributed by atoms with E-state index in [1.807, 2.05) is 36.4 Å². The summed E-state index contributed by atoms with van der Waals surface area (Å²) in [5, 5.41) is 12.7. The number of rotatable bonds is 2. The minimum absolute atomic E-state index is 0.321. The van der Waals surface area contributed by atoms with Gasteiger partial charge in [-0.15, -0.1) is 0 Å². The van der Waals surface area contributed by atoms with E-state index in [1.165, 1.54) is 0 Å². The van der Waals surface area contributed by atoms with E-state index in [0.29, 0.717) is 16.9 Å². The van der Waals surface area contributed by atoms with E-state index in [0.717, 1.165) is 10.9 Å². The van der Waals surface area contributed by atoms with Crippen LogP contribution in [0.25, 0.3) is 10.9 Å². The number of nitrogens with one attached hydrogen (secondary N) is 1. The topological polar surface area (TPSA) is 65.8 Å². The van der Waals surface area contributed by atoms with Gasteiger partial charge < -0.3 is 5.32 Å². The molecule has 0 radical (unpaired) electrons. The van der Waals surface area contributed by atoms with Crippen LogP contribution in [0.2, 0.25) is 0 Å². The second-order valence-corrected chi connectivity index (χ2v) is 4.50. The lowest BCUT2D eigenvalue weighted by Gasteiger charge is -2.07. The van der Waals surface area contributed by atoms with Gasteiger partial charge in [0.05, 0.1) is 16.8 Å². The minimum Gasteiger partial charge on any atom is -0.319 e. The molecule has 21 heavy (non-hydrogen) atoms. The highest BCUT2D eigenvalue weighted by molar-refractivity contribution is 6.04. The number of carbonyl (C=O) groups excluding carboxylic acids is 1. The Balaban J connectivity index is 1.92. The van der Waals surface area contributed by atoms with Crippen LogP contribution in [-0.2, 0) is 0 Å². The van der Waals surface area contributed by atoms with Crippen molar-refractivity contribution < 1.29 is 4.79 Å². The van der Waals surface area contributed by atoms with Gasteiger partial charge in [0.25, 0.3) is 5.91 Å². The monoisotopic (exact) mass is 273 g/mol. The smallest absolute Gasteiger partial charge is 0.274 e. The van der Waals surface area contributed by atoms with E-state index in [2.05, 4.69) is 10.3 Å². The van der Waals surface area contributed by atoms with E-state index in [1.54, 1.807) is 30.3 Å². The number of hydrogen-bond donors (Lipinski definition) is 1. The van der Waals surface area contributed by atoms with Crippen LogP contribution in [0.4, 0.5) is 5.69 Å². The van der Waals surface area contributed by atoms with Gasteiger partial charge in [0, 0.05) is 5.39 Å². The minimum atomic E-state index is -0.330. The molecule has 1 heterocycles. The van der Waals surface area contributed by atoms with Crippen LogP contribution in [0.1, 0.15) is 16.1 Å². The molecule has 0 aliphatic carbocycles.